The summed E-state index contributed by atoms with van der Waals surface area (Å²) in [5.41, 5.74) is 7.13. The van der Waals surface area contributed by atoms with Gasteiger partial charge in [0, 0.05) is 16.8 Å². The highest BCUT2D eigenvalue weighted by Crippen LogP contribution is 2.32. The van der Waals surface area contributed by atoms with Crippen LogP contribution in [0.3, 0.4) is 0 Å². The van der Waals surface area contributed by atoms with Gasteiger partial charge in [0.05, 0.1) is 5.92 Å². The van der Waals surface area contributed by atoms with Crippen LogP contribution in [-0.4, -0.2) is 11.4 Å². The minimum absolute atomic E-state index is 0.0591. The number of rotatable bonds is 3. The summed E-state index contributed by atoms with van der Waals surface area (Å²) < 4.78 is 1.27. The first-order valence-electron chi connectivity index (χ1n) is 7.59. The fraction of sp³-hybridized carbons (Fsp3) is 0.471. The fourth-order valence-electron chi connectivity index (χ4n) is 3.26. The van der Waals surface area contributed by atoms with Crippen molar-refractivity contribution in [3.8, 4) is 0 Å². The van der Waals surface area contributed by atoms with Crippen molar-refractivity contribution in [2.24, 2.45) is 11.7 Å². The normalized spacial score (nSPS) is 25.9. The summed E-state index contributed by atoms with van der Waals surface area (Å²) in [6, 6.07) is 8.31. The molecule has 3 N–H and O–H groups in total. The Morgan fingerprint density at radius 1 is 1.43 bits per heavy atom. The summed E-state index contributed by atoms with van der Waals surface area (Å²) in [7, 11) is 0. The Kier molecular flexibility index (Phi) is 4.00. The van der Waals surface area contributed by atoms with Crippen LogP contribution >= 0.6 is 11.3 Å². The van der Waals surface area contributed by atoms with Gasteiger partial charge in [-0.3, -0.25) is 4.79 Å². The predicted octanol–water partition coefficient (Wildman–Crippen LogP) is 3.43. The van der Waals surface area contributed by atoms with E-state index in [4.69, 9.17) is 5.73 Å². The van der Waals surface area contributed by atoms with E-state index in [1.165, 1.54) is 15.6 Å². The van der Waals surface area contributed by atoms with Gasteiger partial charge in [0.25, 0.3) is 0 Å². The smallest absolute Gasteiger partial charge is 0.225 e. The maximum atomic E-state index is 12.5. The Labute approximate surface area is 129 Å². The molecule has 112 valence electrons. The zero-order chi connectivity index (χ0) is 14.9. The van der Waals surface area contributed by atoms with Crippen molar-refractivity contribution in [1.82, 2.24) is 5.32 Å². The van der Waals surface area contributed by atoms with Gasteiger partial charge in [0.15, 0.2) is 0 Å². The molecule has 0 saturated heterocycles. The van der Waals surface area contributed by atoms with Crippen LogP contribution in [-0.2, 0) is 11.3 Å². The predicted molar refractivity (Wildman–Crippen MR) is 88.2 cm³/mol. The van der Waals surface area contributed by atoms with Gasteiger partial charge in [0.2, 0.25) is 5.91 Å². The molecule has 0 aliphatic heterocycles. The Hall–Kier alpha value is -1.39. The van der Waals surface area contributed by atoms with E-state index in [-0.39, 0.29) is 17.4 Å². The number of carbonyl (C=O) groups is 1. The minimum atomic E-state index is -0.362. The second-order valence-corrected chi connectivity index (χ2v) is 7.19. The molecule has 2 aromatic rings. The molecule has 1 fully saturated rings. The average Bonchev–Trinajstić information content (AvgIpc) is 2.87. The molecule has 1 amide bonds. The zero-order valence-electron chi connectivity index (χ0n) is 12.4. The lowest BCUT2D eigenvalue weighted by Crippen LogP contribution is -2.52. The fourth-order valence-corrected chi connectivity index (χ4v) is 4.23. The molecule has 1 aliphatic rings. The summed E-state index contributed by atoms with van der Waals surface area (Å²) in [4.78, 5) is 12.5. The average molecular weight is 302 g/mol. The number of carbonyl (C=O) groups excluding carboxylic acids is 1. The molecule has 1 saturated carbocycles. The van der Waals surface area contributed by atoms with E-state index >= 15 is 0 Å². The molecule has 2 unspecified atom stereocenters. The number of amides is 1. The van der Waals surface area contributed by atoms with Crippen molar-refractivity contribution in [2.75, 3.05) is 0 Å². The van der Waals surface area contributed by atoms with E-state index < -0.39 is 0 Å². The SMILES string of the molecule is CC1(N)CCCCC1C(=O)NCc1csc2ccccc12. The topological polar surface area (TPSA) is 55.1 Å². The van der Waals surface area contributed by atoms with Crippen LogP contribution in [0.15, 0.2) is 29.6 Å². The van der Waals surface area contributed by atoms with Crippen molar-refractivity contribution in [3.63, 3.8) is 0 Å². The second-order valence-electron chi connectivity index (χ2n) is 6.28. The van der Waals surface area contributed by atoms with Crippen molar-refractivity contribution < 1.29 is 4.79 Å². The van der Waals surface area contributed by atoms with Gasteiger partial charge in [-0.1, -0.05) is 31.0 Å². The van der Waals surface area contributed by atoms with Crippen LogP contribution in [0.1, 0.15) is 38.2 Å². The van der Waals surface area contributed by atoms with Gasteiger partial charge < -0.3 is 11.1 Å². The van der Waals surface area contributed by atoms with Crippen LogP contribution in [0, 0.1) is 5.92 Å². The van der Waals surface area contributed by atoms with Gasteiger partial charge in [-0.05, 0) is 42.2 Å². The first kappa shape index (κ1) is 14.5. The summed E-state index contributed by atoms with van der Waals surface area (Å²) >= 11 is 1.72. The highest BCUT2D eigenvalue weighted by atomic mass is 32.1. The number of hydrogen-bond donors (Lipinski definition) is 2. The van der Waals surface area contributed by atoms with E-state index in [1.807, 2.05) is 19.1 Å². The maximum Gasteiger partial charge on any atom is 0.225 e. The summed E-state index contributed by atoms with van der Waals surface area (Å²) in [6.45, 7) is 2.60. The third kappa shape index (κ3) is 2.97. The van der Waals surface area contributed by atoms with E-state index in [1.54, 1.807) is 11.3 Å². The molecular formula is C17H22N2OS. The van der Waals surface area contributed by atoms with Gasteiger partial charge >= 0.3 is 0 Å². The van der Waals surface area contributed by atoms with Crippen LogP contribution < -0.4 is 11.1 Å². The Balaban J connectivity index is 1.68. The van der Waals surface area contributed by atoms with Crippen molar-refractivity contribution >= 4 is 27.3 Å². The highest BCUT2D eigenvalue weighted by molar-refractivity contribution is 7.17. The van der Waals surface area contributed by atoms with E-state index in [9.17, 15) is 4.79 Å². The molecule has 4 heteroatoms. The molecule has 0 spiro atoms. The van der Waals surface area contributed by atoms with Gasteiger partial charge in [-0.15, -0.1) is 11.3 Å². The number of nitrogens with two attached hydrogens (primary N) is 1. The van der Waals surface area contributed by atoms with Crippen molar-refractivity contribution in [3.05, 3.63) is 35.2 Å². The molecule has 0 radical (unpaired) electrons. The summed E-state index contributed by atoms with van der Waals surface area (Å²) in [5, 5.41) is 6.46. The highest BCUT2D eigenvalue weighted by Gasteiger charge is 2.37. The maximum absolute atomic E-state index is 12.5. The van der Waals surface area contributed by atoms with Gasteiger partial charge in [-0.2, -0.15) is 0 Å². The Morgan fingerprint density at radius 3 is 3.05 bits per heavy atom. The Bertz CT molecular complexity index is 647. The molecule has 1 aliphatic carbocycles. The molecule has 3 rings (SSSR count). The standard InChI is InChI=1S/C17H22N2OS/c1-17(18)9-5-4-7-14(17)16(20)19-10-12-11-21-15-8-3-2-6-13(12)15/h2-3,6,8,11,14H,4-5,7,9-10,18H2,1H3,(H,19,20). The van der Waals surface area contributed by atoms with Crippen molar-refractivity contribution in [2.45, 2.75) is 44.7 Å². The molecule has 1 aromatic heterocycles. The third-order valence-electron chi connectivity index (χ3n) is 4.59. The van der Waals surface area contributed by atoms with Gasteiger partial charge in [0.1, 0.15) is 0 Å². The van der Waals surface area contributed by atoms with Crippen molar-refractivity contribution in [1.29, 1.82) is 0 Å². The molecule has 1 heterocycles. The quantitative estimate of drug-likeness (QED) is 0.912. The van der Waals surface area contributed by atoms with E-state index in [2.05, 4.69) is 22.8 Å². The lowest BCUT2D eigenvalue weighted by atomic mass is 9.74. The summed E-state index contributed by atoms with van der Waals surface area (Å²) in [5.74, 6) is 0.0473. The number of fused-ring (bicyclic) bond motifs is 1. The van der Waals surface area contributed by atoms with E-state index in [0.29, 0.717) is 6.54 Å². The van der Waals surface area contributed by atoms with Crippen LogP contribution in [0.4, 0.5) is 0 Å². The molecule has 1 aromatic carbocycles. The largest absolute Gasteiger partial charge is 0.352 e. The van der Waals surface area contributed by atoms with Crippen LogP contribution in [0.2, 0.25) is 0 Å². The number of benzene rings is 1. The minimum Gasteiger partial charge on any atom is -0.352 e. The van der Waals surface area contributed by atoms with Gasteiger partial charge in [-0.25, -0.2) is 0 Å². The molecule has 2 atom stereocenters. The monoisotopic (exact) mass is 302 g/mol. The molecular weight excluding hydrogens is 280 g/mol. The second kappa shape index (κ2) is 5.78. The number of nitrogens with one attached hydrogen (secondary N) is 1. The lowest BCUT2D eigenvalue weighted by molar-refractivity contribution is -0.128. The zero-order valence-corrected chi connectivity index (χ0v) is 13.2. The summed E-state index contributed by atoms with van der Waals surface area (Å²) in [6.07, 6.45) is 4.08. The lowest BCUT2D eigenvalue weighted by Gasteiger charge is -2.37. The third-order valence-corrected chi connectivity index (χ3v) is 5.60. The molecule has 0 bridgehead atoms. The number of hydrogen-bond acceptors (Lipinski definition) is 3. The van der Waals surface area contributed by atoms with Crippen LogP contribution in [0.25, 0.3) is 10.1 Å². The number of thiophene rings is 1. The molecule has 21 heavy (non-hydrogen) atoms. The van der Waals surface area contributed by atoms with E-state index in [0.717, 1.165) is 25.7 Å². The van der Waals surface area contributed by atoms with Crippen LogP contribution in [0.5, 0.6) is 0 Å². The first-order valence-corrected chi connectivity index (χ1v) is 8.47. The first-order chi connectivity index (χ1) is 10.1. The molecule has 3 nitrogen and oxygen atoms in total. The Morgan fingerprint density at radius 2 is 2.24 bits per heavy atom.